The second-order valence-corrected chi connectivity index (χ2v) is 4.98. The van der Waals surface area contributed by atoms with Crippen molar-refractivity contribution in [3.05, 3.63) is 23.8 Å². The molecule has 0 spiro atoms. The molecular formula is C14H18N2O. The summed E-state index contributed by atoms with van der Waals surface area (Å²) in [6.07, 6.45) is 5.51. The van der Waals surface area contributed by atoms with Gasteiger partial charge in [-0.15, -0.1) is 0 Å². The van der Waals surface area contributed by atoms with E-state index in [2.05, 4.69) is 16.7 Å². The zero-order valence-corrected chi connectivity index (χ0v) is 9.96. The van der Waals surface area contributed by atoms with Crippen LogP contribution in [0.5, 0.6) is 0 Å². The molecule has 17 heavy (non-hydrogen) atoms. The van der Waals surface area contributed by atoms with E-state index in [1.54, 1.807) is 0 Å². The zero-order chi connectivity index (χ0) is 11.7. The molecule has 1 heterocycles. The van der Waals surface area contributed by atoms with Gasteiger partial charge in [-0.1, -0.05) is 12.5 Å². The Labute approximate surface area is 102 Å². The summed E-state index contributed by atoms with van der Waals surface area (Å²) in [5, 5.41) is 6.48. The minimum atomic E-state index is 0.204. The molecule has 0 bridgehead atoms. The number of amides is 1. The molecule has 0 radical (unpaired) electrons. The predicted octanol–water partition coefficient (Wildman–Crippen LogP) is 2.78. The van der Waals surface area contributed by atoms with Crippen LogP contribution in [-0.4, -0.2) is 12.5 Å². The maximum atomic E-state index is 11.9. The lowest BCUT2D eigenvalue weighted by Gasteiger charge is -2.26. The van der Waals surface area contributed by atoms with Crippen molar-refractivity contribution in [2.24, 2.45) is 5.92 Å². The maximum absolute atomic E-state index is 11.9. The second-order valence-electron chi connectivity index (χ2n) is 4.98. The molecule has 3 nitrogen and oxygen atoms in total. The third kappa shape index (κ3) is 2.02. The first-order valence-electron chi connectivity index (χ1n) is 6.51. The minimum Gasteiger partial charge on any atom is -0.385 e. The Morgan fingerprint density at radius 3 is 2.94 bits per heavy atom. The molecule has 0 saturated heterocycles. The van der Waals surface area contributed by atoms with Crippen LogP contribution in [0.25, 0.3) is 0 Å². The number of rotatable bonds is 2. The van der Waals surface area contributed by atoms with Gasteiger partial charge in [-0.25, -0.2) is 0 Å². The molecule has 3 heteroatoms. The van der Waals surface area contributed by atoms with E-state index in [9.17, 15) is 4.79 Å². The average molecular weight is 230 g/mol. The fourth-order valence-corrected chi connectivity index (χ4v) is 2.53. The van der Waals surface area contributed by atoms with Crippen LogP contribution in [0.1, 0.15) is 31.2 Å². The highest BCUT2D eigenvalue weighted by molar-refractivity contribution is 5.94. The summed E-state index contributed by atoms with van der Waals surface area (Å²) < 4.78 is 0. The summed E-state index contributed by atoms with van der Waals surface area (Å²) in [5.41, 5.74) is 3.46. The number of carbonyl (C=O) groups is 1. The van der Waals surface area contributed by atoms with Crippen LogP contribution in [0.15, 0.2) is 18.2 Å². The Morgan fingerprint density at radius 2 is 2.18 bits per heavy atom. The summed E-state index contributed by atoms with van der Waals surface area (Å²) in [5.74, 6) is 0.456. The van der Waals surface area contributed by atoms with E-state index in [4.69, 9.17) is 0 Å². The van der Waals surface area contributed by atoms with Gasteiger partial charge in [0.05, 0.1) is 0 Å². The lowest BCUT2D eigenvalue weighted by atomic mass is 9.84. The molecule has 2 aliphatic rings. The van der Waals surface area contributed by atoms with Gasteiger partial charge in [0.25, 0.3) is 0 Å². The van der Waals surface area contributed by atoms with E-state index >= 15 is 0 Å². The summed E-state index contributed by atoms with van der Waals surface area (Å²) in [4.78, 5) is 11.9. The van der Waals surface area contributed by atoms with Gasteiger partial charge in [0, 0.05) is 23.8 Å². The largest absolute Gasteiger partial charge is 0.385 e. The molecule has 1 aromatic carbocycles. The number of hydrogen-bond acceptors (Lipinski definition) is 2. The lowest BCUT2D eigenvalue weighted by Crippen LogP contribution is -2.28. The molecule has 1 aromatic rings. The van der Waals surface area contributed by atoms with Gasteiger partial charge in [0.2, 0.25) is 5.91 Å². The summed E-state index contributed by atoms with van der Waals surface area (Å²) in [6.45, 7) is 1.03. The Morgan fingerprint density at radius 1 is 1.29 bits per heavy atom. The first-order valence-corrected chi connectivity index (χ1v) is 6.51. The lowest BCUT2D eigenvalue weighted by molar-refractivity contribution is -0.122. The molecule has 2 N–H and O–H groups in total. The van der Waals surface area contributed by atoms with Gasteiger partial charge < -0.3 is 10.6 Å². The molecule has 1 aliphatic heterocycles. The molecule has 0 atom stereocenters. The number of nitrogens with one attached hydrogen (secondary N) is 2. The third-order valence-electron chi connectivity index (χ3n) is 3.83. The molecule has 0 unspecified atom stereocenters. The molecular weight excluding hydrogens is 212 g/mol. The minimum absolute atomic E-state index is 0.204. The molecule has 90 valence electrons. The summed E-state index contributed by atoms with van der Waals surface area (Å²) in [6, 6.07) is 6.11. The second kappa shape index (κ2) is 4.40. The van der Waals surface area contributed by atoms with Crippen LogP contribution in [0.4, 0.5) is 11.4 Å². The van der Waals surface area contributed by atoms with Crippen LogP contribution in [0.2, 0.25) is 0 Å². The molecule has 1 aliphatic carbocycles. The number of carbonyl (C=O) groups excluding carboxylic acids is 1. The highest BCUT2D eigenvalue weighted by atomic mass is 16.1. The van der Waals surface area contributed by atoms with Gasteiger partial charge in [-0.3, -0.25) is 4.79 Å². The Hall–Kier alpha value is -1.51. The number of benzene rings is 1. The number of fused-ring (bicyclic) bond motifs is 1. The third-order valence-corrected chi connectivity index (χ3v) is 3.83. The quantitative estimate of drug-likeness (QED) is 0.820. The van der Waals surface area contributed by atoms with Crippen LogP contribution in [0, 0.1) is 5.92 Å². The fourth-order valence-electron chi connectivity index (χ4n) is 2.53. The van der Waals surface area contributed by atoms with Gasteiger partial charge in [-0.2, -0.15) is 0 Å². The molecule has 1 amide bonds. The van der Waals surface area contributed by atoms with Crippen molar-refractivity contribution in [2.75, 3.05) is 17.2 Å². The van der Waals surface area contributed by atoms with Crippen LogP contribution in [-0.2, 0) is 11.2 Å². The van der Waals surface area contributed by atoms with Crippen molar-refractivity contribution in [3.8, 4) is 0 Å². The van der Waals surface area contributed by atoms with Crippen molar-refractivity contribution in [3.63, 3.8) is 0 Å². The maximum Gasteiger partial charge on any atom is 0.227 e. The van der Waals surface area contributed by atoms with Crippen LogP contribution >= 0.6 is 0 Å². The van der Waals surface area contributed by atoms with Crippen LogP contribution < -0.4 is 10.6 Å². The Balaban J connectivity index is 1.80. The van der Waals surface area contributed by atoms with Gasteiger partial charge in [0.1, 0.15) is 0 Å². The van der Waals surface area contributed by atoms with Crippen molar-refractivity contribution >= 4 is 17.3 Å². The van der Waals surface area contributed by atoms with Crippen LogP contribution in [0.3, 0.4) is 0 Å². The highest BCUT2D eigenvalue weighted by Crippen LogP contribution is 2.31. The standard InChI is InChI=1S/C14H18N2O/c17-14(10-4-1-5-10)16-13-8-2-7-12-11(13)6-3-9-15-12/h2,7-8,10,15H,1,3-6,9H2,(H,16,17). The van der Waals surface area contributed by atoms with Crippen molar-refractivity contribution in [1.82, 2.24) is 0 Å². The molecule has 1 fully saturated rings. The topological polar surface area (TPSA) is 41.1 Å². The number of hydrogen-bond donors (Lipinski definition) is 2. The van der Waals surface area contributed by atoms with E-state index in [1.165, 1.54) is 17.7 Å². The van der Waals surface area contributed by atoms with E-state index in [1.807, 2.05) is 12.1 Å². The van der Waals surface area contributed by atoms with E-state index in [-0.39, 0.29) is 11.8 Å². The SMILES string of the molecule is O=C(Nc1cccc2c1CCCN2)C1CCC1. The molecule has 1 saturated carbocycles. The van der Waals surface area contributed by atoms with Gasteiger partial charge >= 0.3 is 0 Å². The van der Waals surface area contributed by atoms with E-state index < -0.39 is 0 Å². The molecule has 0 aromatic heterocycles. The predicted molar refractivity (Wildman–Crippen MR) is 69.2 cm³/mol. The Kier molecular flexibility index (Phi) is 2.75. The van der Waals surface area contributed by atoms with Gasteiger partial charge in [0.15, 0.2) is 0 Å². The van der Waals surface area contributed by atoms with Crippen molar-refractivity contribution in [2.45, 2.75) is 32.1 Å². The average Bonchev–Trinajstić information content (AvgIpc) is 2.27. The summed E-state index contributed by atoms with van der Waals surface area (Å²) >= 11 is 0. The summed E-state index contributed by atoms with van der Waals surface area (Å²) in [7, 11) is 0. The smallest absolute Gasteiger partial charge is 0.227 e. The monoisotopic (exact) mass is 230 g/mol. The highest BCUT2D eigenvalue weighted by Gasteiger charge is 2.26. The van der Waals surface area contributed by atoms with E-state index in [0.717, 1.165) is 37.9 Å². The van der Waals surface area contributed by atoms with Gasteiger partial charge in [-0.05, 0) is 43.4 Å². The zero-order valence-electron chi connectivity index (χ0n) is 9.96. The molecule has 3 rings (SSSR count). The Bertz CT molecular complexity index is 438. The van der Waals surface area contributed by atoms with Crippen molar-refractivity contribution in [1.29, 1.82) is 0 Å². The number of anilines is 2. The first-order chi connectivity index (χ1) is 8.34. The van der Waals surface area contributed by atoms with Crippen molar-refractivity contribution < 1.29 is 4.79 Å². The van der Waals surface area contributed by atoms with E-state index in [0.29, 0.717) is 0 Å². The first kappa shape index (κ1) is 10.6. The fraction of sp³-hybridized carbons (Fsp3) is 0.500. The normalized spacial score (nSPS) is 18.8.